The van der Waals surface area contributed by atoms with Gasteiger partial charge in [-0.3, -0.25) is 14.4 Å². The number of amides is 1. The van der Waals surface area contributed by atoms with Crippen molar-refractivity contribution in [2.75, 3.05) is 20.6 Å². The SMILES string of the molecule is Cc1ccc(CC(=O)Cc2nc(CNC(=O)CN(C)C)cs2)c(C(=O)C2CCCC2)c1. The largest absolute Gasteiger partial charge is 0.349 e. The average Bonchev–Trinajstić information content (AvgIpc) is 3.39. The van der Waals surface area contributed by atoms with Crippen LogP contribution >= 0.6 is 11.3 Å². The van der Waals surface area contributed by atoms with Crippen molar-refractivity contribution >= 4 is 28.8 Å². The zero-order valence-electron chi connectivity index (χ0n) is 18.6. The highest BCUT2D eigenvalue weighted by molar-refractivity contribution is 7.09. The molecule has 0 saturated heterocycles. The lowest BCUT2D eigenvalue weighted by Crippen LogP contribution is -2.32. The van der Waals surface area contributed by atoms with Crippen LogP contribution in [0.4, 0.5) is 0 Å². The number of hydrogen-bond donors (Lipinski definition) is 1. The molecule has 1 fully saturated rings. The van der Waals surface area contributed by atoms with Gasteiger partial charge >= 0.3 is 0 Å². The van der Waals surface area contributed by atoms with Gasteiger partial charge in [0.15, 0.2) is 5.78 Å². The fourth-order valence-corrected chi connectivity index (χ4v) is 4.79. The molecule has 1 amide bonds. The quantitative estimate of drug-likeness (QED) is 0.572. The van der Waals surface area contributed by atoms with E-state index in [4.69, 9.17) is 0 Å². The predicted molar refractivity (Wildman–Crippen MR) is 122 cm³/mol. The van der Waals surface area contributed by atoms with Gasteiger partial charge in [0.25, 0.3) is 0 Å². The predicted octanol–water partition coefficient (Wildman–Crippen LogP) is 3.36. The van der Waals surface area contributed by atoms with Gasteiger partial charge in [-0.15, -0.1) is 11.3 Å². The van der Waals surface area contributed by atoms with E-state index in [1.807, 2.05) is 44.6 Å². The first-order chi connectivity index (χ1) is 14.8. The van der Waals surface area contributed by atoms with Crippen LogP contribution in [0.2, 0.25) is 0 Å². The third kappa shape index (κ3) is 6.80. The number of likely N-dealkylation sites (N-methyl/N-ethyl adjacent to an activating group) is 1. The molecule has 1 heterocycles. The molecule has 1 aromatic carbocycles. The zero-order valence-corrected chi connectivity index (χ0v) is 19.4. The van der Waals surface area contributed by atoms with E-state index in [1.165, 1.54) is 11.3 Å². The Morgan fingerprint density at radius 2 is 1.90 bits per heavy atom. The van der Waals surface area contributed by atoms with Crippen LogP contribution in [-0.2, 0) is 29.0 Å². The number of thiazole rings is 1. The van der Waals surface area contributed by atoms with Crippen molar-refractivity contribution in [2.45, 2.75) is 52.0 Å². The minimum absolute atomic E-state index is 0.0434. The molecule has 1 aromatic heterocycles. The Morgan fingerprint density at radius 3 is 2.61 bits per heavy atom. The van der Waals surface area contributed by atoms with E-state index in [9.17, 15) is 14.4 Å². The second-order valence-electron chi connectivity index (χ2n) is 8.65. The summed E-state index contributed by atoms with van der Waals surface area (Å²) in [5.74, 6) is 0.269. The van der Waals surface area contributed by atoms with Crippen LogP contribution in [0, 0.1) is 12.8 Å². The van der Waals surface area contributed by atoms with Crippen LogP contribution < -0.4 is 5.32 Å². The molecular formula is C24H31N3O3S. The number of ketones is 2. The number of aromatic nitrogens is 1. The minimum atomic E-state index is -0.0607. The molecule has 0 bridgehead atoms. The van der Waals surface area contributed by atoms with Crippen molar-refractivity contribution in [1.82, 2.24) is 15.2 Å². The summed E-state index contributed by atoms with van der Waals surface area (Å²) in [5.41, 5.74) is 3.33. The van der Waals surface area contributed by atoms with Crippen molar-refractivity contribution < 1.29 is 14.4 Å². The Labute approximate surface area is 188 Å². The highest BCUT2D eigenvalue weighted by Gasteiger charge is 2.26. The molecule has 0 unspecified atom stereocenters. The molecule has 31 heavy (non-hydrogen) atoms. The van der Waals surface area contributed by atoms with Crippen molar-refractivity contribution in [2.24, 2.45) is 5.92 Å². The fourth-order valence-electron chi connectivity index (χ4n) is 3.97. The van der Waals surface area contributed by atoms with E-state index in [0.29, 0.717) is 18.7 Å². The van der Waals surface area contributed by atoms with Gasteiger partial charge in [-0.25, -0.2) is 4.98 Å². The Balaban J connectivity index is 1.59. The van der Waals surface area contributed by atoms with E-state index < -0.39 is 0 Å². The van der Waals surface area contributed by atoms with Gasteiger partial charge in [-0.2, -0.15) is 0 Å². The number of carbonyl (C=O) groups is 3. The number of aryl methyl sites for hydroxylation is 1. The molecule has 1 aliphatic carbocycles. The molecule has 0 atom stereocenters. The van der Waals surface area contributed by atoms with Gasteiger partial charge < -0.3 is 10.2 Å². The number of benzene rings is 1. The Morgan fingerprint density at radius 1 is 1.16 bits per heavy atom. The number of Topliss-reactive ketones (excluding diaryl/α,β-unsaturated/α-hetero) is 2. The van der Waals surface area contributed by atoms with Gasteiger partial charge in [0.1, 0.15) is 10.8 Å². The number of rotatable bonds is 10. The summed E-state index contributed by atoms with van der Waals surface area (Å²) in [4.78, 5) is 43.8. The first kappa shape index (κ1) is 23.3. The van der Waals surface area contributed by atoms with Crippen LogP contribution in [0.5, 0.6) is 0 Å². The molecule has 6 nitrogen and oxygen atoms in total. The van der Waals surface area contributed by atoms with E-state index in [2.05, 4.69) is 10.3 Å². The Hall–Kier alpha value is -2.38. The molecule has 2 aromatic rings. The van der Waals surface area contributed by atoms with Crippen LogP contribution in [0.25, 0.3) is 0 Å². The second kappa shape index (κ2) is 10.8. The third-order valence-corrected chi connectivity index (χ3v) is 6.42. The first-order valence-electron chi connectivity index (χ1n) is 10.8. The van der Waals surface area contributed by atoms with Gasteiger partial charge in [0.05, 0.1) is 25.2 Å². The monoisotopic (exact) mass is 441 g/mol. The van der Waals surface area contributed by atoms with Crippen molar-refractivity contribution in [3.05, 3.63) is 51.0 Å². The maximum atomic E-state index is 13.0. The highest BCUT2D eigenvalue weighted by Crippen LogP contribution is 2.29. The number of hydrogen-bond acceptors (Lipinski definition) is 6. The smallest absolute Gasteiger partial charge is 0.234 e. The summed E-state index contributed by atoms with van der Waals surface area (Å²) < 4.78 is 0. The van der Waals surface area contributed by atoms with Crippen LogP contribution in [-0.4, -0.2) is 48.0 Å². The summed E-state index contributed by atoms with van der Waals surface area (Å²) in [6, 6.07) is 5.82. The molecule has 0 radical (unpaired) electrons. The summed E-state index contributed by atoms with van der Waals surface area (Å²) in [7, 11) is 3.68. The normalized spacial score (nSPS) is 14.2. The highest BCUT2D eigenvalue weighted by atomic mass is 32.1. The lowest BCUT2D eigenvalue weighted by atomic mass is 9.90. The van der Waals surface area contributed by atoms with E-state index in [1.54, 1.807) is 4.90 Å². The summed E-state index contributed by atoms with van der Waals surface area (Å²) in [6.07, 6.45) is 4.60. The van der Waals surface area contributed by atoms with Crippen LogP contribution in [0.3, 0.4) is 0 Å². The molecule has 1 aliphatic rings. The summed E-state index contributed by atoms with van der Waals surface area (Å²) in [6.45, 7) is 2.66. The summed E-state index contributed by atoms with van der Waals surface area (Å²) >= 11 is 1.43. The number of nitrogens with zero attached hydrogens (tertiary/aromatic N) is 2. The topological polar surface area (TPSA) is 79.4 Å². The second-order valence-corrected chi connectivity index (χ2v) is 9.59. The number of nitrogens with one attached hydrogen (secondary N) is 1. The first-order valence-corrected chi connectivity index (χ1v) is 11.7. The van der Waals surface area contributed by atoms with Crippen molar-refractivity contribution in [3.8, 4) is 0 Å². The lowest BCUT2D eigenvalue weighted by molar-refractivity contribution is -0.122. The van der Waals surface area contributed by atoms with Gasteiger partial charge in [-0.1, -0.05) is 30.5 Å². The molecular weight excluding hydrogens is 410 g/mol. The van der Waals surface area contributed by atoms with E-state index >= 15 is 0 Å². The molecule has 3 rings (SSSR count). The van der Waals surface area contributed by atoms with Gasteiger partial charge in [0.2, 0.25) is 5.91 Å². The minimum Gasteiger partial charge on any atom is -0.349 e. The standard InChI is InChI=1S/C24H31N3O3S/c1-16-8-9-18(21(10-16)24(30)17-6-4-5-7-17)11-20(28)12-23-26-19(15-31-23)13-25-22(29)14-27(2)3/h8-10,15,17H,4-7,11-14H2,1-3H3,(H,25,29). The number of carbonyl (C=O) groups excluding carboxylic acids is 3. The van der Waals surface area contributed by atoms with Crippen LogP contribution in [0.15, 0.2) is 23.6 Å². The maximum Gasteiger partial charge on any atom is 0.234 e. The molecule has 166 valence electrons. The average molecular weight is 442 g/mol. The Kier molecular flexibility index (Phi) is 8.09. The molecule has 1 saturated carbocycles. The maximum absolute atomic E-state index is 13.0. The zero-order chi connectivity index (χ0) is 22.4. The molecule has 0 aliphatic heterocycles. The van der Waals surface area contributed by atoms with Gasteiger partial charge in [-0.05, 0) is 45.5 Å². The van der Waals surface area contributed by atoms with E-state index in [-0.39, 0.29) is 36.2 Å². The van der Waals surface area contributed by atoms with E-state index in [0.717, 1.165) is 47.5 Å². The Bertz CT molecular complexity index is 945. The third-order valence-electron chi connectivity index (χ3n) is 5.52. The van der Waals surface area contributed by atoms with Gasteiger partial charge in [0, 0.05) is 23.3 Å². The molecule has 1 N–H and O–H groups in total. The van der Waals surface area contributed by atoms with Crippen LogP contribution in [0.1, 0.15) is 57.9 Å². The molecule has 7 heteroatoms. The molecule has 0 spiro atoms. The van der Waals surface area contributed by atoms with Crippen molar-refractivity contribution in [3.63, 3.8) is 0 Å². The van der Waals surface area contributed by atoms with Crippen molar-refractivity contribution in [1.29, 1.82) is 0 Å². The summed E-state index contributed by atoms with van der Waals surface area (Å²) in [5, 5.41) is 5.44. The fraction of sp³-hybridized carbons (Fsp3) is 0.500. The lowest BCUT2D eigenvalue weighted by Gasteiger charge is -2.13.